The molecule has 0 aliphatic heterocycles. The van der Waals surface area contributed by atoms with Crippen LogP contribution in [0.4, 0.5) is 4.39 Å². The Morgan fingerprint density at radius 2 is 2.06 bits per heavy atom. The molecule has 0 aromatic heterocycles. The molecule has 0 amide bonds. The summed E-state index contributed by atoms with van der Waals surface area (Å²) >= 11 is 0. The first-order valence-electron chi connectivity index (χ1n) is 5.70. The molecule has 4 nitrogen and oxygen atoms in total. The third-order valence-corrected chi connectivity index (χ3v) is 2.13. The Bertz CT molecular complexity index is 415. The van der Waals surface area contributed by atoms with Gasteiger partial charge in [-0.25, -0.2) is 9.18 Å². The van der Waals surface area contributed by atoms with E-state index in [2.05, 4.69) is 0 Å². The SMILES string of the molecule is CC(C)OC(=O)COc1ccc(F)cc1[C@H](C)O. The van der Waals surface area contributed by atoms with Crippen LogP contribution in [0.1, 0.15) is 32.4 Å². The number of carbonyl (C=O) groups excluding carboxylic acids is 1. The van der Waals surface area contributed by atoms with Crippen LogP contribution in [0.15, 0.2) is 18.2 Å². The van der Waals surface area contributed by atoms with Crippen LogP contribution in [0.5, 0.6) is 5.75 Å². The second-order valence-corrected chi connectivity index (χ2v) is 4.19. The van der Waals surface area contributed by atoms with E-state index >= 15 is 0 Å². The lowest BCUT2D eigenvalue weighted by Crippen LogP contribution is -2.19. The normalized spacial score (nSPS) is 12.3. The molecule has 1 N–H and O–H groups in total. The summed E-state index contributed by atoms with van der Waals surface area (Å²) in [6.07, 6.45) is -1.10. The van der Waals surface area contributed by atoms with Gasteiger partial charge in [0.15, 0.2) is 6.61 Å². The van der Waals surface area contributed by atoms with E-state index in [1.165, 1.54) is 25.1 Å². The molecule has 0 fully saturated rings. The highest BCUT2D eigenvalue weighted by molar-refractivity contribution is 5.71. The molecule has 0 aliphatic carbocycles. The molecule has 0 spiro atoms. The standard InChI is InChI=1S/C13H17FO4/c1-8(2)18-13(16)7-17-12-5-4-10(14)6-11(12)9(3)15/h4-6,8-9,15H,7H2,1-3H3/t9-/m0/s1. The van der Waals surface area contributed by atoms with Crippen LogP contribution in [0.2, 0.25) is 0 Å². The molecular weight excluding hydrogens is 239 g/mol. The van der Waals surface area contributed by atoms with E-state index in [1.807, 2.05) is 0 Å². The van der Waals surface area contributed by atoms with Gasteiger partial charge in [0.05, 0.1) is 12.2 Å². The van der Waals surface area contributed by atoms with Gasteiger partial charge in [0.25, 0.3) is 0 Å². The fourth-order valence-corrected chi connectivity index (χ4v) is 1.41. The number of ether oxygens (including phenoxy) is 2. The molecule has 0 saturated heterocycles. The van der Waals surface area contributed by atoms with E-state index in [1.54, 1.807) is 13.8 Å². The molecule has 0 heterocycles. The fraction of sp³-hybridized carbons (Fsp3) is 0.462. The van der Waals surface area contributed by atoms with Crippen molar-refractivity contribution in [2.45, 2.75) is 33.0 Å². The molecule has 1 aromatic rings. The predicted molar refractivity (Wildman–Crippen MR) is 63.8 cm³/mol. The summed E-state index contributed by atoms with van der Waals surface area (Å²) in [7, 11) is 0. The van der Waals surface area contributed by atoms with Crippen molar-refractivity contribution >= 4 is 5.97 Å². The van der Waals surface area contributed by atoms with Gasteiger partial charge in [-0.3, -0.25) is 0 Å². The molecule has 0 radical (unpaired) electrons. The molecule has 5 heteroatoms. The average molecular weight is 256 g/mol. The smallest absolute Gasteiger partial charge is 0.344 e. The zero-order valence-electron chi connectivity index (χ0n) is 10.6. The maximum Gasteiger partial charge on any atom is 0.344 e. The lowest BCUT2D eigenvalue weighted by Gasteiger charge is -2.14. The van der Waals surface area contributed by atoms with Crippen molar-refractivity contribution in [3.05, 3.63) is 29.6 Å². The Balaban J connectivity index is 2.70. The number of carbonyl (C=O) groups is 1. The second kappa shape index (κ2) is 6.35. The van der Waals surface area contributed by atoms with E-state index in [9.17, 15) is 14.3 Å². The molecule has 18 heavy (non-hydrogen) atoms. The van der Waals surface area contributed by atoms with Crippen LogP contribution in [0.3, 0.4) is 0 Å². The third-order valence-electron chi connectivity index (χ3n) is 2.13. The lowest BCUT2D eigenvalue weighted by atomic mass is 10.1. The number of benzene rings is 1. The minimum atomic E-state index is -0.878. The van der Waals surface area contributed by atoms with Crippen LogP contribution < -0.4 is 4.74 Å². The molecule has 1 rings (SSSR count). The van der Waals surface area contributed by atoms with Gasteiger partial charge in [-0.1, -0.05) is 0 Å². The Morgan fingerprint density at radius 3 is 2.61 bits per heavy atom. The quantitative estimate of drug-likeness (QED) is 0.821. The summed E-state index contributed by atoms with van der Waals surface area (Å²) in [6.45, 7) is 4.69. The maximum atomic E-state index is 13.0. The van der Waals surface area contributed by atoms with Crippen molar-refractivity contribution < 1.29 is 23.8 Å². The first-order chi connectivity index (χ1) is 8.40. The Kier molecular flexibility index (Phi) is 5.09. The summed E-state index contributed by atoms with van der Waals surface area (Å²) in [5.41, 5.74) is 0.298. The van der Waals surface area contributed by atoms with E-state index in [0.29, 0.717) is 5.56 Å². The average Bonchev–Trinajstić information content (AvgIpc) is 2.26. The molecule has 0 aliphatic rings. The van der Waals surface area contributed by atoms with Gasteiger partial charge in [-0.05, 0) is 39.0 Å². The fourth-order valence-electron chi connectivity index (χ4n) is 1.41. The van der Waals surface area contributed by atoms with E-state index in [0.717, 1.165) is 0 Å². The van der Waals surface area contributed by atoms with Crippen molar-refractivity contribution in [3.8, 4) is 5.75 Å². The maximum absolute atomic E-state index is 13.0. The number of esters is 1. The lowest BCUT2D eigenvalue weighted by molar-refractivity contribution is -0.149. The topological polar surface area (TPSA) is 55.8 Å². The highest BCUT2D eigenvalue weighted by Gasteiger charge is 2.13. The van der Waals surface area contributed by atoms with Crippen molar-refractivity contribution in [2.75, 3.05) is 6.61 Å². The van der Waals surface area contributed by atoms with Gasteiger partial charge in [-0.15, -0.1) is 0 Å². The van der Waals surface area contributed by atoms with Crippen LogP contribution >= 0.6 is 0 Å². The van der Waals surface area contributed by atoms with Gasteiger partial charge >= 0.3 is 5.97 Å². The van der Waals surface area contributed by atoms with Gasteiger partial charge in [0, 0.05) is 5.56 Å². The monoisotopic (exact) mass is 256 g/mol. The molecule has 1 aromatic carbocycles. The third kappa shape index (κ3) is 4.33. The minimum absolute atomic E-state index is 0.217. The summed E-state index contributed by atoms with van der Waals surface area (Å²) < 4.78 is 23.1. The Morgan fingerprint density at radius 1 is 1.39 bits per heavy atom. The zero-order valence-corrected chi connectivity index (χ0v) is 10.6. The molecule has 0 unspecified atom stereocenters. The number of rotatable bonds is 5. The van der Waals surface area contributed by atoms with Crippen LogP contribution in [0, 0.1) is 5.82 Å². The summed E-state index contributed by atoms with van der Waals surface area (Å²) in [6, 6.07) is 3.75. The number of hydrogen-bond acceptors (Lipinski definition) is 4. The summed E-state index contributed by atoms with van der Waals surface area (Å²) in [5, 5.41) is 9.48. The zero-order chi connectivity index (χ0) is 13.7. The molecule has 1 atom stereocenters. The highest BCUT2D eigenvalue weighted by Crippen LogP contribution is 2.25. The summed E-state index contributed by atoms with van der Waals surface area (Å²) in [5.74, 6) is -0.707. The summed E-state index contributed by atoms with van der Waals surface area (Å²) in [4.78, 5) is 11.3. The van der Waals surface area contributed by atoms with Crippen LogP contribution in [-0.4, -0.2) is 23.8 Å². The number of hydrogen-bond donors (Lipinski definition) is 1. The number of halogens is 1. The van der Waals surface area contributed by atoms with Gasteiger partial charge in [-0.2, -0.15) is 0 Å². The predicted octanol–water partition coefficient (Wildman–Crippen LogP) is 2.21. The minimum Gasteiger partial charge on any atom is -0.482 e. The van der Waals surface area contributed by atoms with Crippen molar-refractivity contribution in [3.63, 3.8) is 0 Å². The molecule has 0 saturated carbocycles. The van der Waals surface area contributed by atoms with E-state index in [-0.39, 0.29) is 18.5 Å². The van der Waals surface area contributed by atoms with Crippen LogP contribution in [-0.2, 0) is 9.53 Å². The van der Waals surface area contributed by atoms with Gasteiger partial charge < -0.3 is 14.6 Å². The van der Waals surface area contributed by atoms with Crippen molar-refractivity contribution in [1.29, 1.82) is 0 Å². The Hall–Kier alpha value is -1.62. The number of aliphatic hydroxyl groups is 1. The second-order valence-electron chi connectivity index (χ2n) is 4.19. The van der Waals surface area contributed by atoms with Crippen molar-refractivity contribution in [1.82, 2.24) is 0 Å². The van der Waals surface area contributed by atoms with E-state index < -0.39 is 17.9 Å². The first kappa shape index (κ1) is 14.4. The Labute approximate surface area is 105 Å². The van der Waals surface area contributed by atoms with Crippen molar-refractivity contribution in [2.24, 2.45) is 0 Å². The van der Waals surface area contributed by atoms with Crippen LogP contribution in [0.25, 0.3) is 0 Å². The van der Waals surface area contributed by atoms with E-state index in [4.69, 9.17) is 9.47 Å². The van der Waals surface area contributed by atoms with Gasteiger partial charge in [0.1, 0.15) is 11.6 Å². The molecule has 0 bridgehead atoms. The first-order valence-corrected chi connectivity index (χ1v) is 5.70. The highest BCUT2D eigenvalue weighted by atomic mass is 19.1. The largest absolute Gasteiger partial charge is 0.482 e. The molecular formula is C13H17FO4. The molecule has 100 valence electrons. The van der Waals surface area contributed by atoms with Gasteiger partial charge in [0.2, 0.25) is 0 Å². The number of aliphatic hydroxyl groups excluding tert-OH is 1.